The monoisotopic (exact) mass is 1780 g/mol. The average Bonchev–Trinajstić information content (AvgIpc) is 1.64. The number of fused-ring (bicyclic) bond motifs is 8. The number of rotatable bonds is 1. The van der Waals surface area contributed by atoms with Gasteiger partial charge >= 0.3 is 0 Å². The third-order valence-corrected chi connectivity index (χ3v) is 20.0. The Morgan fingerprint density at radius 2 is 0.438 bits per heavy atom. The summed E-state index contributed by atoms with van der Waals surface area (Å²) >= 11 is 0. The third-order valence-electron chi connectivity index (χ3n) is 20.0. The Morgan fingerprint density at radius 3 is 0.692 bits per heavy atom. The molecule has 724 valence electrons. The molecule has 7 aromatic carbocycles. The van der Waals surface area contributed by atoms with E-state index in [4.69, 9.17) is 0 Å². The van der Waals surface area contributed by atoms with Crippen LogP contribution in [0.15, 0.2) is 256 Å². The molecule has 0 saturated heterocycles. The molecule has 0 aliphatic heterocycles. The molecule has 0 amide bonds. The fraction of sp³-hybridized carbons (Fsp3) is 0.417. The summed E-state index contributed by atoms with van der Waals surface area (Å²) in [5.74, 6) is 0. The fourth-order valence-electron chi connectivity index (χ4n) is 12.8. The van der Waals surface area contributed by atoms with Crippen molar-refractivity contribution in [2.75, 3.05) is 0 Å². The molecule has 10 nitrogen and oxygen atoms in total. The maximum atomic E-state index is 3.78. The second kappa shape index (κ2) is 80.0. The molecule has 0 saturated carbocycles. The molecule has 17 rings (SSSR count). The highest BCUT2D eigenvalue weighted by atomic mass is 15.0. The highest BCUT2D eigenvalue weighted by Gasteiger charge is 2.08. The maximum Gasteiger partial charge on any atom is 0.0488 e. The second-order valence-electron chi connectivity index (χ2n) is 27.0. The first-order valence-corrected chi connectivity index (χ1v) is 49.2. The lowest BCUT2D eigenvalue weighted by atomic mass is 10.2. The van der Waals surface area contributed by atoms with Gasteiger partial charge in [-0.25, -0.2) is 0 Å². The van der Waals surface area contributed by atoms with E-state index in [0.717, 1.165) is 0 Å². The van der Waals surface area contributed by atoms with Crippen molar-refractivity contribution in [3.63, 3.8) is 0 Å². The van der Waals surface area contributed by atoms with Crippen LogP contribution < -0.4 is 0 Å². The van der Waals surface area contributed by atoms with Crippen LogP contribution in [-0.4, -0.2) is 45.7 Å². The van der Waals surface area contributed by atoms with Crippen molar-refractivity contribution in [3.05, 3.63) is 329 Å². The van der Waals surface area contributed by atoms with E-state index in [0.29, 0.717) is 0 Å². The van der Waals surface area contributed by atoms with E-state index in [2.05, 4.69) is 448 Å². The summed E-state index contributed by atoms with van der Waals surface area (Å²) in [5.41, 5.74) is 26.4. The maximum absolute atomic E-state index is 3.78. The average molecular weight is 1780 g/mol. The first-order valence-electron chi connectivity index (χ1n) is 49.2. The van der Waals surface area contributed by atoms with Gasteiger partial charge in [0.2, 0.25) is 0 Å². The molecule has 0 atom stereocenters. The minimum Gasteiger partial charge on any atom is -0.357 e. The van der Waals surface area contributed by atoms with Crippen LogP contribution in [0.5, 0.6) is 0 Å². The van der Waals surface area contributed by atoms with Crippen molar-refractivity contribution in [1.29, 1.82) is 0 Å². The molecule has 0 unspecified atom stereocenters. The zero-order valence-electron chi connectivity index (χ0n) is 92.9. The molecule has 0 bridgehead atoms. The first kappa shape index (κ1) is 132. The van der Waals surface area contributed by atoms with E-state index in [-0.39, 0.29) is 0 Å². The van der Waals surface area contributed by atoms with Crippen LogP contribution >= 0.6 is 0 Å². The lowest BCUT2D eigenvalue weighted by molar-refractivity contribution is 0.844. The summed E-state index contributed by atoms with van der Waals surface area (Å²) < 4.78 is 21.6. The zero-order chi connectivity index (χ0) is 102. The summed E-state index contributed by atoms with van der Waals surface area (Å²) in [6.07, 6.45) is 14.6. The normalized spacial score (nSPS) is 8.88. The van der Waals surface area contributed by atoms with Gasteiger partial charge in [0.25, 0.3) is 0 Å². The molecule has 0 fully saturated rings. The Kier molecular flexibility index (Phi) is 81.2. The Hall–Kier alpha value is -11.1. The van der Waals surface area contributed by atoms with Gasteiger partial charge < -0.3 is 45.7 Å². The van der Waals surface area contributed by atoms with E-state index in [1.807, 2.05) is 207 Å². The van der Waals surface area contributed by atoms with Crippen molar-refractivity contribution in [1.82, 2.24) is 45.7 Å². The molecule has 0 N–H and O–H groups in total. The summed E-state index contributed by atoms with van der Waals surface area (Å²) in [4.78, 5) is 0. The summed E-state index contributed by atoms with van der Waals surface area (Å²) in [6.45, 7) is 85.3. The molecule has 10 heterocycles. The second-order valence-corrected chi connectivity index (χ2v) is 27.0. The Bertz CT molecular complexity index is 5110. The fourth-order valence-corrected chi connectivity index (χ4v) is 12.8. The number of benzene rings is 7. The molecule has 10 heteroatoms. The van der Waals surface area contributed by atoms with Crippen molar-refractivity contribution < 1.29 is 0 Å². The Balaban J connectivity index is -0.000000252. The standard InChI is InChI=1S/C13H11N.C11H13N.C11H11N.2C10H11N.C9H9N.4C7H11N.14C2H6/c1-14-12-8-4-2-6-10(12)11-7-3-5-9-13(11)14;1-8-9(2)12(3)11-7-5-4-6-10(8)11;1-3-9-8-12(2)11-7-5-4-6-10(9)11;2*1-8-7-11(2)10-6-4-3-5-9(8)10;1-10-7-6-8-4-2-3-5-9(8)10;1-6-4-8(3)5-7(6)2;3*1-6-4-5-7(2)8(6)3;14*1-2/h2-9H,1H3;4-7H,1-3H3;3-8H,1H2,2H3;2*3-7H,1-2H3;2-7H,1H3;4*4-5H,1-3H3;14*1-2H3. The molecule has 10 aromatic heterocycles. The van der Waals surface area contributed by atoms with Gasteiger partial charge in [-0.05, 0) is 207 Å². The van der Waals surface area contributed by atoms with E-state index < -0.39 is 0 Å². The third kappa shape index (κ3) is 42.6. The number of para-hydroxylation sites is 7. The predicted molar refractivity (Wildman–Crippen MR) is 602 cm³/mol. The van der Waals surface area contributed by atoms with E-state index in [1.54, 1.807) is 0 Å². The SMILES string of the molecule is C=Cc1cn(C)c2ccccc12.CC.CC.CC.CC.CC.CC.CC.CC.CC.CC.CC.CC.CC.CC.Cc1c(C)n(C)c2ccccc12.Cc1ccc(C)n1C.Cc1ccc(C)n1C.Cc1ccc(C)n1C.Cc1cn(C)c2ccccc12.Cc1cn(C)c2ccccc12.Cc1cn(C)cc1C.Cn1c2ccccc2c2ccccc21.Cn1ccc2ccccc21. The number of aromatic nitrogens is 10. The minimum atomic E-state index is 1.20. The number of hydrogen-bond donors (Lipinski definition) is 0. The smallest absolute Gasteiger partial charge is 0.0488 e. The van der Waals surface area contributed by atoms with Crippen molar-refractivity contribution in [2.45, 2.75) is 277 Å². The van der Waals surface area contributed by atoms with E-state index in [1.165, 1.54) is 150 Å². The zero-order valence-corrected chi connectivity index (χ0v) is 92.9. The molecule has 0 radical (unpaired) electrons. The summed E-state index contributed by atoms with van der Waals surface area (Å²) in [6, 6.07) is 74.0. The molecule has 0 aliphatic rings. The molecular weight excluding hydrogens is 1580 g/mol. The quantitative estimate of drug-likeness (QED) is 0.157. The molecule has 0 aliphatic carbocycles. The van der Waals surface area contributed by atoms with Crippen LogP contribution in [0.3, 0.4) is 0 Å². The summed E-state index contributed by atoms with van der Waals surface area (Å²) in [7, 11) is 20.8. The lowest BCUT2D eigenvalue weighted by Crippen LogP contribution is -1.91. The number of hydrogen-bond acceptors (Lipinski definition) is 0. The van der Waals surface area contributed by atoms with Gasteiger partial charge in [0, 0.05) is 218 Å². The Labute approximate surface area is 799 Å². The number of nitrogens with zero attached hydrogens (tertiary/aromatic N) is 10. The number of aryl methyl sites for hydroxylation is 18. The topological polar surface area (TPSA) is 49.3 Å². The first-order chi connectivity index (χ1) is 62.7. The minimum absolute atomic E-state index is 1.20. The lowest BCUT2D eigenvalue weighted by Gasteiger charge is -1.96. The van der Waals surface area contributed by atoms with Gasteiger partial charge in [-0.15, -0.1) is 0 Å². The van der Waals surface area contributed by atoms with Crippen molar-refractivity contribution in [2.24, 2.45) is 70.5 Å². The van der Waals surface area contributed by atoms with Gasteiger partial charge in [0.1, 0.15) is 0 Å². The highest BCUT2D eigenvalue weighted by Crippen LogP contribution is 2.28. The van der Waals surface area contributed by atoms with Gasteiger partial charge in [0.15, 0.2) is 0 Å². The molecule has 17 aromatic rings. The van der Waals surface area contributed by atoms with Crippen LogP contribution in [0.4, 0.5) is 0 Å². The highest BCUT2D eigenvalue weighted by molar-refractivity contribution is 6.08. The van der Waals surface area contributed by atoms with Crippen LogP contribution in [0, 0.1) is 83.1 Å². The van der Waals surface area contributed by atoms with Gasteiger partial charge in [-0.3, -0.25) is 0 Å². The van der Waals surface area contributed by atoms with Gasteiger partial charge in [0.05, 0.1) is 0 Å². The largest absolute Gasteiger partial charge is 0.357 e. The van der Waals surface area contributed by atoms with E-state index >= 15 is 0 Å². The van der Waals surface area contributed by atoms with Crippen molar-refractivity contribution >= 4 is 82.4 Å². The van der Waals surface area contributed by atoms with Crippen LogP contribution in [0.2, 0.25) is 0 Å². The van der Waals surface area contributed by atoms with Gasteiger partial charge in [-0.2, -0.15) is 0 Å². The molecule has 130 heavy (non-hydrogen) atoms. The van der Waals surface area contributed by atoms with Crippen molar-refractivity contribution in [3.8, 4) is 0 Å². The predicted octanol–water partition coefficient (Wildman–Crippen LogP) is 37.0. The van der Waals surface area contributed by atoms with Crippen LogP contribution in [0.25, 0.3) is 82.4 Å². The summed E-state index contributed by atoms with van der Waals surface area (Å²) in [5, 5.41) is 9.35. The van der Waals surface area contributed by atoms with Crippen LogP contribution in [0.1, 0.15) is 267 Å². The Morgan fingerprint density at radius 1 is 0.200 bits per heavy atom. The van der Waals surface area contributed by atoms with Crippen LogP contribution in [-0.2, 0) is 70.5 Å². The van der Waals surface area contributed by atoms with Gasteiger partial charge in [-0.1, -0.05) is 334 Å². The molecular formula is C120H194N10. The van der Waals surface area contributed by atoms with E-state index in [9.17, 15) is 0 Å². The molecule has 0 spiro atoms.